The fraction of sp³-hybridized carbons (Fsp3) is 0.882. The molecule has 1 rings (SSSR count). The Balaban J connectivity index is 2.93. The highest BCUT2D eigenvalue weighted by atomic mass is 16.4. The first-order chi connectivity index (χ1) is 9.64. The van der Waals surface area contributed by atoms with E-state index >= 15 is 0 Å². The van der Waals surface area contributed by atoms with Crippen LogP contribution in [-0.2, 0) is 9.59 Å². The van der Waals surface area contributed by atoms with Crippen molar-refractivity contribution in [3.05, 3.63) is 0 Å². The van der Waals surface area contributed by atoms with Crippen LogP contribution in [-0.4, -0.2) is 34.5 Å². The number of carbonyl (C=O) groups excluding carboxylic acids is 1. The summed E-state index contributed by atoms with van der Waals surface area (Å²) in [6, 6.07) is 0.237. The largest absolute Gasteiger partial charge is 0.481 e. The molecule has 1 aliphatic rings. The van der Waals surface area contributed by atoms with Crippen LogP contribution in [0.4, 0.5) is 0 Å². The Kier molecular flexibility index (Phi) is 6.24. The number of carbonyl (C=O) groups is 2. The predicted molar refractivity (Wildman–Crippen MR) is 84.0 cm³/mol. The Hall–Kier alpha value is -1.06. The normalized spacial score (nSPS) is 18.0. The second kappa shape index (κ2) is 7.28. The summed E-state index contributed by atoms with van der Waals surface area (Å²) in [6.07, 6.45) is 5.24. The zero-order chi connectivity index (χ0) is 16.2. The highest BCUT2D eigenvalue weighted by molar-refractivity contribution is 5.97. The van der Waals surface area contributed by atoms with Crippen LogP contribution in [0.3, 0.4) is 0 Å². The van der Waals surface area contributed by atoms with Gasteiger partial charge in [0.05, 0.1) is 0 Å². The highest BCUT2D eigenvalue weighted by Crippen LogP contribution is 2.32. The van der Waals surface area contributed by atoms with E-state index in [0.29, 0.717) is 12.5 Å². The maximum Gasteiger partial charge on any atom is 0.316 e. The topological polar surface area (TPSA) is 57.6 Å². The third-order valence-corrected chi connectivity index (χ3v) is 4.36. The van der Waals surface area contributed by atoms with E-state index in [1.807, 2.05) is 25.7 Å². The quantitative estimate of drug-likeness (QED) is 0.763. The molecule has 122 valence electrons. The van der Waals surface area contributed by atoms with Gasteiger partial charge in [-0.25, -0.2) is 0 Å². The minimum atomic E-state index is -1.000. The van der Waals surface area contributed by atoms with Crippen LogP contribution in [0.5, 0.6) is 0 Å². The minimum absolute atomic E-state index is 0.192. The van der Waals surface area contributed by atoms with E-state index in [-0.39, 0.29) is 11.9 Å². The number of carboxylic acids is 1. The third-order valence-electron chi connectivity index (χ3n) is 4.36. The zero-order valence-electron chi connectivity index (χ0n) is 14.2. The fourth-order valence-electron chi connectivity index (χ4n) is 3.10. The van der Waals surface area contributed by atoms with Crippen molar-refractivity contribution in [2.24, 2.45) is 17.3 Å². The van der Waals surface area contributed by atoms with Crippen LogP contribution in [0, 0.1) is 17.3 Å². The lowest BCUT2D eigenvalue weighted by Crippen LogP contribution is -2.49. The molecular formula is C17H31NO3. The van der Waals surface area contributed by atoms with Crippen LogP contribution in [0.2, 0.25) is 0 Å². The van der Waals surface area contributed by atoms with Crippen LogP contribution in [0.1, 0.15) is 66.7 Å². The molecule has 4 heteroatoms. The first-order valence-corrected chi connectivity index (χ1v) is 8.18. The van der Waals surface area contributed by atoms with Crippen LogP contribution in [0.15, 0.2) is 0 Å². The summed E-state index contributed by atoms with van der Waals surface area (Å²) in [7, 11) is 0. The number of carboxylic acid groups (broad SMARTS) is 1. The van der Waals surface area contributed by atoms with Crippen molar-refractivity contribution in [2.75, 3.05) is 6.54 Å². The molecule has 4 nitrogen and oxygen atoms in total. The first-order valence-electron chi connectivity index (χ1n) is 8.18. The zero-order valence-corrected chi connectivity index (χ0v) is 14.2. The maximum atomic E-state index is 12.9. The number of hydrogen-bond donors (Lipinski definition) is 1. The molecule has 0 aromatic rings. The minimum Gasteiger partial charge on any atom is -0.481 e. The second-order valence-corrected chi connectivity index (χ2v) is 7.79. The molecule has 1 aliphatic carbocycles. The number of rotatable bonds is 6. The van der Waals surface area contributed by atoms with Crippen LogP contribution >= 0.6 is 0 Å². The number of nitrogens with zero attached hydrogens (tertiary/aromatic N) is 1. The fourth-order valence-corrected chi connectivity index (χ4v) is 3.10. The smallest absolute Gasteiger partial charge is 0.316 e. The van der Waals surface area contributed by atoms with E-state index in [9.17, 15) is 14.7 Å². The molecule has 0 spiro atoms. The van der Waals surface area contributed by atoms with Gasteiger partial charge in [-0.2, -0.15) is 0 Å². The van der Waals surface area contributed by atoms with Crippen molar-refractivity contribution >= 4 is 11.9 Å². The number of amides is 1. The van der Waals surface area contributed by atoms with Crippen molar-refractivity contribution in [1.82, 2.24) is 4.90 Å². The molecule has 1 saturated carbocycles. The van der Waals surface area contributed by atoms with Crippen molar-refractivity contribution in [3.63, 3.8) is 0 Å². The average molecular weight is 297 g/mol. The van der Waals surface area contributed by atoms with Crippen LogP contribution in [0.25, 0.3) is 0 Å². The van der Waals surface area contributed by atoms with Crippen molar-refractivity contribution in [1.29, 1.82) is 0 Å². The third kappa shape index (κ3) is 5.01. The Bertz CT molecular complexity index is 365. The summed E-state index contributed by atoms with van der Waals surface area (Å²) in [4.78, 5) is 26.3. The lowest BCUT2D eigenvalue weighted by atomic mass is 9.79. The summed E-state index contributed by atoms with van der Waals surface area (Å²) in [5.41, 5.74) is -0.558. The SMILES string of the molecule is CC(C)CCN(C(=O)C(C(=O)O)C(C)(C)C)C1CCCC1. The first kappa shape index (κ1) is 18.0. The van der Waals surface area contributed by atoms with Gasteiger partial charge in [0.15, 0.2) is 0 Å². The molecule has 0 aromatic carbocycles. The van der Waals surface area contributed by atoms with Gasteiger partial charge < -0.3 is 10.0 Å². The molecule has 1 unspecified atom stereocenters. The van der Waals surface area contributed by atoms with Gasteiger partial charge in [0.2, 0.25) is 5.91 Å². The van der Waals surface area contributed by atoms with Gasteiger partial charge in [0, 0.05) is 12.6 Å². The van der Waals surface area contributed by atoms with E-state index < -0.39 is 17.3 Å². The van der Waals surface area contributed by atoms with Gasteiger partial charge >= 0.3 is 5.97 Å². The van der Waals surface area contributed by atoms with Crippen molar-refractivity contribution < 1.29 is 14.7 Å². The van der Waals surface area contributed by atoms with Gasteiger partial charge in [0.1, 0.15) is 5.92 Å². The summed E-state index contributed by atoms with van der Waals surface area (Å²) in [5, 5.41) is 9.50. The lowest BCUT2D eigenvalue weighted by Gasteiger charge is -2.36. The molecule has 1 N–H and O–H groups in total. The monoisotopic (exact) mass is 297 g/mol. The van der Waals surface area contributed by atoms with Gasteiger partial charge in [-0.15, -0.1) is 0 Å². The molecule has 0 bridgehead atoms. The standard InChI is InChI=1S/C17H31NO3/c1-12(2)10-11-18(13-8-6-7-9-13)15(19)14(16(20)21)17(3,4)5/h12-14H,6-11H2,1-5H3,(H,20,21). The molecule has 0 heterocycles. The predicted octanol–water partition coefficient (Wildman–Crippen LogP) is 3.55. The van der Waals surface area contributed by atoms with Crippen LogP contribution < -0.4 is 0 Å². The number of aliphatic carboxylic acids is 1. The Morgan fingerprint density at radius 2 is 1.71 bits per heavy atom. The summed E-state index contributed by atoms with van der Waals surface area (Å²) >= 11 is 0. The average Bonchev–Trinajstić information content (AvgIpc) is 2.79. The Morgan fingerprint density at radius 3 is 2.10 bits per heavy atom. The van der Waals surface area contributed by atoms with E-state index in [1.54, 1.807) is 0 Å². The van der Waals surface area contributed by atoms with Gasteiger partial charge in [-0.05, 0) is 30.6 Å². The molecule has 1 atom stereocenters. The molecule has 0 aliphatic heterocycles. The van der Waals surface area contributed by atoms with Gasteiger partial charge in [0.25, 0.3) is 0 Å². The molecule has 1 fully saturated rings. The molecule has 0 aromatic heterocycles. The highest BCUT2D eigenvalue weighted by Gasteiger charge is 2.42. The summed E-state index contributed by atoms with van der Waals surface area (Å²) < 4.78 is 0. The molecule has 0 saturated heterocycles. The molecule has 21 heavy (non-hydrogen) atoms. The summed E-state index contributed by atoms with van der Waals surface area (Å²) in [6.45, 7) is 10.4. The van der Waals surface area contributed by atoms with Gasteiger partial charge in [-0.1, -0.05) is 47.5 Å². The molecule has 0 radical (unpaired) electrons. The maximum absolute atomic E-state index is 12.9. The van der Waals surface area contributed by atoms with E-state index in [1.165, 1.54) is 0 Å². The Morgan fingerprint density at radius 1 is 1.19 bits per heavy atom. The summed E-state index contributed by atoms with van der Waals surface area (Å²) in [5.74, 6) is -1.63. The van der Waals surface area contributed by atoms with E-state index in [0.717, 1.165) is 32.1 Å². The van der Waals surface area contributed by atoms with E-state index in [4.69, 9.17) is 0 Å². The molecular weight excluding hydrogens is 266 g/mol. The van der Waals surface area contributed by atoms with Crippen molar-refractivity contribution in [3.8, 4) is 0 Å². The van der Waals surface area contributed by atoms with Crippen molar-refractivity contribution in [2.45, 2.75) is 72.8 Å². The lowest BCUT2D eigenvalue weighted by molar-refractivity contribution is -0.157. The van der Waals surface area contributed by atoms with Gasteiger partial charge in [-0.3, -0.25) is 9.59 Å². The number of hydrogen-bond acceptors (Lipinski definition) is 2. The second-order valence-electron chi connectivity index (χ2n) is 7.79. The van der Waals surface area contributed by atoms with E-state index in [2.05, 4.69) is 13.8 Å². The Labute approximate surface area is 128 Å². The molecule has 1 amide bonds.